The lowest BCUT2D eigenvalue weighted by Gasteiger charge is -2.18. The van der Waals surface area contributed by atoms with Crippen LogP contribution in [0.5, 0.6) is 0 Å². The van der Waals surface area contributed by atoms with Gasteiger partial charge in [-0.3, -0.25) is 9.79 Å². The summed E-state index contributed by atoms with van der Waals surface area (Å²) < 4.78 is 0. The van der Waals surface area contributed by atoms with Crippen LogP contribution < -0.4 is 16.0 Å². The lowest BCUT2D eigenvalue weighted by atomic mass is 9.96. The summed E-state index contributed by atoms with van der Waals surface area (Å²) in [6.07, 6.45) is 1.06. The van der Waals surface area contributed by atoms with Crippen molar-refractivity contribution < 1.29 is 4.79 Å². The Bertz CT molecular complexity index is 261. The van der Waals surface area contributed by atoms with Gasteiger partial charge in [-0.15, -0.1) is 24.0 Å². The van der Waals surface area contributed by atoms with Crippen molar-refractivity contribution in [2.75, 3.05) is 26.7 Å². The van der Waals surface area contributed by atoms with Crippen LogP contribution in [0.25, 0.3) is 0 Å². The monoisotopic (exact) mass is 370 g/mol. The molecule has 0 aliphatic rings. The number of amides is 1. The van der Waals surface area contributed by atoms with Gasteiger partial charge in [0.05, 0.1) is 0 Å². The average molecular weight is 370 g/mol. The molecule has 0 aromatic heterocycles. The molecule has 1 amide bonds. The first kappa shape index (κ1) is 19.8. The van der Waals surface area contributed by atoms with E-state index in [0.717, 1.165) is 18.9 Å². The topological polar surface area (TPSA) is 65.5 Å². The van der Waals surface area contributed by atoms with Crippen molar-refractivity contribution in [1.29, 1.82) is 0 Å². The van der Waals surface area contributed by atoms with Crippen LogP contribution in [0.3, 0.4) is 0 Å². The SMILES string of the molecule is CCCNC(=NC)NCCNC(=O)C(C)(C)C.I. The first-order valence-corrected chi connectivity index (χ1v) is 6.14. The van der Waals surface area contributed by atoms with E-state index >= 15 is 0 Å². The number of aliphatic imine (C=N–C) groups is 1. The van der Waals surface area contributed by atoms with Crippen molar-refractivity contribution in [3.8, 4) is 0 Å². The number of hydrogen-bond acceptors (Lipinski definition) is 2. The number of hydrogen-bond donors (Lipinski definition) is 3. The van der Waals surface area contributed by atoms with Gasteiger partial charge in [0, 0.05) is 32.1 Å². The molecule has 0 aliphatic heterocycles. The third kappa shape index (κ3) is 9.49. The van der Waals surface area contributed by atoms with Gasteiger partial charge < -0.3 is 16.0 Å². The Morgan fingerprint density at radius 3 is 2.00 bits per heavy atom. The Hall–Kier alpha value is -0.530. The summed E-state index contributed by atoms with van der Waals surface area (Å²) in [7, 11) is 1.73. The largest absolute Gasteiger partial charge is 0.356 e. The van der Waals surface area contributed by atoms with Gasteiger partial charge in [-0.25, -0.2) is 0 Å². The highest BCUT2D eigenvalue weighted by Gasteiger charge is 2.20. The molecule has 0 aromatic carbocycles. The number of rotatable bonds is 5. The number of guanidine groups is 1. The van der Waals surface area contributed by atoms with Crippen LogP contribution in [-0.4, -0.2) is 38.5 Å². The fourth-order valence-electron chi connectivity index (χ4n) is 1.09. The van der Waals surface area contributed by atoms with Gasteiger partial charge in [-0.2, -0.15) is 0 Å². The zero-order valence-corrected chi connectivity index (χ0v) is 14.4. The highest BCUT2D eigenvalue weighted by molar-refractivity contribution is 14.0. The van der Waals surface area contributed by atoms with Crippen molar-refractivity contribution in [1.82, 2.24) is 16.0 Å². The van der Waals surface area contributed by atoms with E-state index in [1.54, 1.807) is 7.05 Å². The second-order valence-electron chi connectivity index (χ2n) is 4.93. The molecule has 3 N–H and O–H groups in total. The summed E-state index contributed by atoms with van der Waals surface area (Å²) in [6.45, 7) is 9.97. The van der Waals surface area contributed by atoms with Crippen LogP contribution in [0.2, 0.25) is 0 Å². The van der Waals surface area contributed by atoms with Gasteiger partial charge in [0.25, 0.3) is 0 Å². The van der Waals surface area contributed by atoms with E-state index in [-0.39, 0.29) is 35.3 Å². The van der Waals surface area contributed by atoms with Gasteiger partial charge in [0.1, 0.15) is 0 Å². The molecule has 0 saturated heterocycles. The molecule has 0 bridgehead atoms. The third-order valence-electron chi connectivity index (χ3n) is 2.15. The van der Waals surface area contributed by atoms with Gasteiger partial charge in [0.15, 0.2) is 5.96 Å². The van der Waals surface area contributed by atoms with Crippen molar-refractivity contribution in [3.05, 3.63) is 0 Å². The molecule has 6 heteroatoms. The quantitative estimate of drug-likeness (QED) is 0.296. The fraction of sp³-hybridized carbons (Fsp3) is 0.833. The molecule has 5 nitrogen and oxygen atoms in total. The Kier molecular flexibility index (Phi) is 11.4. The molecule has 0 spiro atoms. The predicted molar refractivity (Wildman–Crippen MR) is 87.5 cm³/mol. The molecule has 0 atom stereocenters. The Morgan fingerprint density at radius 1 is 1.06 bits per heavy atom. The van der Waals surface area contributed by atoms with Gasteiger partial charge >= 0.3 is 0 Å². The number of halogens is 1. The van der Waals surface area contributed by atoms with E-state index in [2.05, 4.69) is 27.9 Å². The summed E-state index contributed by atoms with van der Waals surface area (Å²) in [6, 6.07) is 0. The van der Waals surface area contributed by atoms with Gasteiger partial charge in [0.2, 0.25) is 5.91 Å². The maximum atomic E-state index is 11.6. The van der Waals surface area contributed by atoms with E-state index in [4.69, 9.17) is 0 Å². The van der Waals surface area contributed by atoms with Crippen LogP contribution in [0.1, 0.15) is 34.1 Å². The highest BCUT2D eigenvalue weighted by atomic mass is 127. The van der Waals surface area contributed by atoms with Crippen LogP contribution in [0.15, 0.2) is 4.99 Å². The molecule has 0 unspecified atom stereocenters. The minimum Gasteiger partial charge on any atom is -0.356 e. The Labute approximate surface area is 128 Å². The van der Waals surface area contributed by atoms with Crippen LogP contribution >= 0.6 is 24.0 Å². The van der Waals surface area contributed by atoms with Crippen molar-refractivity contribution in [2.24, 2.45) is 10.4 Å². The Balaban J connectivity index is 0. The summed E-state index contributed by atoms with van der Waals surface area (Å²) >= 11 is 0. The number of carbonyl (C=O) groups is 1. The van der Waals surface area contributed by atoms with Gasteiger partial charge in [-0.1, -0.05) is 27.7 Å². The molecule has 0 rings (SSSR count). The minimum atomic E-state index is -0.331. The Morgan fingerprint density at radius 2 is 1.56 bits per heavy atom. The molecule has 0 aliphatic carbocycles. The summed E-state index contributed by atoms with van der Waals surface area (Å²) in [5.74, 6) is 0.840. The molecule has 108 valence electrons. The van der Waals surface area contributed by atoms with Crippen molar-refractivity contribution in [3.63, 3.8) is 0 Å². The second-order valence-corrected chi connectivity index (χ2v) is 4.93. The zero-order chi connectivity index (χ0) is 13.3. The normalized spacial score (nSPS) is 11.5. The highest BCUT2D eigenvalue weighted by Crippen LogP contribution is 2.11. The van der Waals surface area contributed by atoms with Crippen LogP contribution in [0.4, 0.5) is 0 Å². The second kappa shape index (κ2) is 10.4. The molecular formula is C12H27IN4O. The van der Waals surface area contributed by atoms with E-state index in [9.17, 15) is 4.79 Å². The lowest BCUT2D eigenvalue weighted by Crippen LogP contribution is -2.43. The number of nitrogens with zero attached hydrogens (tertiary/aromatic N) is 1. The molecule has 0 fully saturated rings. The molecule has 0 aromatic rings. The standard InChI is InChI=1S/C12H26N4O.HI/c1-6-7-15-11(13-5)16-9-8-14-10(17)12(2,3)4;/h6-9H2,1-5H3,(H,14,17)(H2,13,15,16);1H. The summed E-state index contributed by atoms with van der Waals surface area (Å²) in [4.78, 5) is 15.6. The van der Waals surface area contributed by atoms with Crippen molar-refractivity contribution in [2.45, 2.75) is 34.1 Å². The predicted octanol–water partition coefficient (Wildman–Crippen LogP) is 1.34. The zero-order valence-electron chi connectivity index (χ0n) is 12.1. The fourth-order valence-corrected chi connectivity index (χ4v) is 1.09. The van der Waals surface area contributed by atoms with Crippen LogP contribution in [0, 0.1) is 5.41 Å². The average Bonchev–Trinajstić information content (AvgIpc) is 2.26. The summed E-state index contributed by atoms with van der Waals surface area (Å²) in [5, 5.41) is 9.17. The third-order valence-corrected chi connectivity index (χ3v) is 2.15. The maximum Gasteiger partial charge on any atom is 0.225 e. The minimum absolute atomic E-state index is 0. The van der Waals surface area contributed by atoms with E-state index in [1.165, 1.54) is 0 Å². The molecule has 0 saturated carbocycles. The first-order valence-electron chi connectivity index (χ1n) is 6.14. The molecule has 0 heterocycles. The smallest absolute Gasteiger partial charge is 0.225 e. The lowest BCUT2D eigenvalue weighted by molar-refractivity contribution is -0.128. The van der Waals surface area contributed by atoms with E-state index in [0.29, 0.717) is 13.1 Å². The summed E-state index contributed by atoms with van der Waals surface area (Å²) in [5.41, 5.74) is -0.331. The molecular weight excluding hydrogens is 343 g/mol. The number of nitrogens with one attached hydrogen (secondary N) is 3. The van der Waals surface area contributed by atoms with Crippen LogP contribution in [-0.2, 0) is 4.79 Å². The molecule has 18 heavy (non-hydrogen) atoms. The van der Waals surface area contributed by atoms with E-state index in [1.807, 2.05) is 20.8 Å². The van der Waals surface area contributed by atoms with E-state index < -0.39 is 0 Å². The first-order chi connectivity index (χ1) is 7.91. The van der Waals surface area contributed by atoms with Crippen molar-refractivity contribution >= 4 is 35.8 Å². The molecule has 0 radical (unpaired) electrons. The number of carbonyl (C=O) groups excluding carboxylic acids is 1. The van der Waals surface area contributed by atoms with Gasteiger partial charge in [-0.05, 0) is 6.42 Å². The maximum absolute atomic E-state index is 11.6.